The summed E-state index contributed by atoms with van der Waals surface area (Å²) in [6.07, 6.45) is 0.0925. The van der Waals surface area contributed by atoms with E-state index in [0.29, 0.717) is 11.1 Å². The molecule has 0 radical (unpaired) electrons. The maximum atomic E-state index is 12.9. The highest BCUT2D eigenvalue weighted by Crippen LogP contribution is 2.13. The van der Waals surface area contributed by atoms with Crippen LogP contribution in [0.2, 0.25) is 0 Å². The first-order valence-electron chi connectivity index (χ1n) is 10.6. The Balaban J connectivity index is 2.13. The third-order valence-corrected chi connectivity index (χ3v) is 4.97. The van der Waals surface area contributed by atoms with E-state index in [-0.39, 0.29) is 24.3 Å². The molecule has 2 rings (SSSR count). The van der Waals surface area contributed by atoms with Gasteiger partial charge in [-0.15, -0.1) is 0 Å². The number of carbonyl (C=O) groups is 4. The van der Waals surface area contributed by atoms with Gasteiger partial charge in [0, 0.05) is 6.42 Å². The van der Waals surface area contributed by atoms with Crippen molar-refractivity contribution in [1.29, 1.82) is 0 Å². The molecule has 9 N–H and O–H groups in total. The standard InChI is InChI=1S/C23H28N4O8/c24-17(9-13-1-5-15(29)6-2-13)21(33)26-18(10-14-3-7-16(30)8-4-14)23(35)27-19(12-28)22(34)25-11-20(31)32/h1-8,17-19,28-30H,9-12,24H2,(H,25,34)(H,26,33)(H,27,35)(H,31,32). The van der Waals surface area contributed by atoms with E-state index in [2.05, 4.69) is 16.0 Å². The SMILES string of the molecule is NC(Cc1ccc(O)cc1)C(=O)NC(Cc1ccc(O)cc1)C(=O)NC(CO)C(=O)NCC(=O)O. The Morgan fingerprint density at radius 3 is 1.71 bits per heavy atom. The van der Waals surface area contributed by atoms with Crippen molar-refractivity contribution >= 4 is 23.7 Å². The van der Waals surface area contributed by atoms with Gasteiger partial charge < -0.3 is 42.1 Å². The van der Waals surface area contributed by atoms with Gasteiger partial charge in [0.2, 0.25) is 17.7 Å². The topological polar surface area (TPSA) is 211 Å². The van der Waals surface area contributed by atoms with E-state index in [9.17, 15) is 34.5 Å². The largest absolute Gasteiger partial charge is 0.508 e. The molecule has 3 atom stereocenters. The smallest absolute Gasteiger partial charge is 0.322 e. The Kier molecular flexibility index (Phi) is 9.99. The molecule has 0 aliphatic heterocycles. The van der Waals surface area contributed by atoms with Crippen molar-refractivity contribution < 1.29 is 39.6 Å². The first kappa shape index (κ1) is 27.1. The highest BCUT2D eigenvalue weighted by Gasteiger charge is 2.28. The minimum absolute atomic E-state index is 0.00477. The quantitative estimate of drug-likeness (QED) is 0.172. The molecular formula is C23H28N4O8. The summed E-state index contributed by atoms with van der Waals surface area (Å²) in [7, 11) is 0. The fraction of sp³-hybridized carbons (Fsp3) is 0.304. The number of phenolic OH excluding ortho intramolecular Hbond substituents is 2. The molecule has 12 nitrogen and oxygen atoms in total. The van der Waals surface area contributed by atoms with Crippen LogP contribution in [0.15, 0.2) is 48.5 Å². The number of amides is 3. The molecule has 12 heteroatoms. The second-order valence-electron chi connectivity index (χ2n) is 7.76. The van der Waals surface area contributed by atoms with Gasteiger partial charge in [-0.05, 0) is 41.8 Å². The molecule has 0 bridgehead atoms. The Morgan fingerprint density at radius 1 is 0.743 bits per heavy atom. The molecule has 0 aliphatic carbocycles. The first-order valence-corrected chi connectivity index (χ1v) is 10.6. The van der Waals surface area contributed by atoms with Gasteiger partial charge in [0.15, 0.2) is 0 Å². The van der Waals surface area contributed by atoms with Crippen LogP contribution in [-0.4, -0.2) is 75.4 Å². The van der Waals surface area contributed by atoms with Crippen LogP contribution < -0.4 is 21.7 Å². The monoisotopic (exact) mass is 488 g/mol. The maximum absolute atomic E-state index is 12.9. The van der Waals surface area contributed by atoms with Gasteiger partial charge in [-0.1, -0.05) is 24.3 Å². The molecule has 0 heterocycles. The average molecular weight is 488 g/mol. The van der Waals surface area contributed by atoms with Crippen molar-refractivity contribution in [2.45, 2.75) is 31.0 Å². The third-order valence-electron chi connectivity index (χ3n) is 4.97. The molecule has 0 saturated heterocycles. The van der Waals surface area contributed by atoms with Crippen molar-refractivity contribution in [1.82, 2.24) is 16.0 Å². The number of nitrogens with two attached hydrogens (primary N) is 1. The number of rotatable bonds is 12. The summed E-state index contributed by atoms with van der Waals surface area (Å²) in [6.45, 7) is -1.51. The second-order valence-corrected chi connectivity index (χ2v) is 7.76. The molecule has 35 heavy (non-hydrogen) atoms. The van der Waals surface area contributed by atoms with E-state index >= 15 is 0 Å². The van der Waals surface area contributed by atoms with Crippen molar-refractivity contribution in [3.63, 3.8) is 0 Å². The van der Waals surface area contributed by atoms with Gasteiger partial charge >= 0.3 is 5.97 Å². The number of benzene rings is 2. The summed E-state index contributed by atoms with van der Waals surface area (Å²) in [6, 6.07) is 8.29. The van der Waals surface area contributed by atoms with Crippen molar-refractivity contribution in [3.05, 3.63) is 59.7 Å². The van der Waals surface area contributed by atoms with Crippen LogP contribution in [0, 0.1) is 0 Å². The molecule has 0 fully saturated rings. The van der Waals surface area contributed by atoms with Crippen LogP contribution in [0.3, 0.4) is 0 Å². The van der Waals surface area contributed by atoms with Gasteiger partial charge in [0.1, 0.15) is 30.1 Å². The van der Waals surface area contributed by atoms with Crippen LogP contribution in [0.4, 0.5) is 0 Å². The number of aliphatic hydroxyl groups excluding tert-OH is 1. The Morgan fingerprint density at radius 2 is 1.23 bits per heavy atom. The van der Waals surface area contributed by atoms with E-state index in [1.54, 1.807) is 24.3 Å². The van der Waals surface area contributed by atoms with Crippen LogP contribution in [-0.2, 0) is 32.0 Å². The number of aliphatic carboxylic acids is 1. The maximum Gasteiger partial charge on any atom is 0.322 e. The molecule has 2 aromatic rings. The number of carboxylic acids is 1. The van der Waals surface area contributed by atoms with Crippen molar-refractivity contribution in [3.8, 4) is 11.5 Å². The molecular weight excluding hydrogens is 460 g/mol. The van der Waals surface area contributed by atoms with Gasteiger partial charge in [0.25, 0.3) is 0 Å². The lowest BCUT2D eigenvalue weighted by atomic mass is 10.0. The number of hydrogen-bond donors (Lipinski definition) is 8. The number of aliphatic hydroxyl groups is 1. The molecule has 188 valence electrons. The zero-order valence-electron chi connectivity index (χ0n) is 18.7. The molecule has 2 aromatic carbocycles. The van der Waals surface area contributed by atoms with Crippen molar-refractivity contribution in [2.24, 2.45) is 5.73 Å². The average Bonchev–Trinajstić information content (AvgIpc) is 2.83. The Bertz CT molecular complexity index is 1030. The number of nitrogens with one attached hydrogen (secondary N) is 3. The lowest BCUT2D eigenvalue weighted by molar-refractivity contribution is -0.138. The summed E-state index contributed by atoms with van der Waals surface area (Å²) in [5.74, 6) is -3.63. The van der Waals surface area contributed by atoms with Crippen molar-refractivity contribution in [2.75, 3.05) is 13.2 Å². The minimum Gasteiger partial charge on any atom is -0.508 e. The van der Waals surface area contributed by atoms with E-state index < -0.39 is 55.0 Å². The summed E-state index contributed by atoms with van der Waals surface area (Å²) >= 11 is 0. The van der Waals surface area contributed by atoms with E-state index in [1.165, 1.54) is 24.3 Å². The van der Waals surface area contributed by atoms with Gasteiger partial charge in [0.05, 0.1) is 12.6 Å². The molecule has 3 unspecified atom stereocenters. The number of phenols is 2. The number of aromatic hydroxyl groups is 2. The predicted molar refractivity (Wildman–Crippen MR) is 123 cm³/mol. The second kappa shape index (κ2) is 12.9. The summed E-state index contributed by atoms with van der Waals surface area (Å²) in [4.78, 5) is 48.4. The lowest BCUT2D eigenvalue weighted by Gasteiger charge is -2.23. The lowest BCUT2D eigenvalue weighted by Crippen LogP contribution is -2.57. The van der Waals surface area contributed by atoms with Gasteiger partial charge in [-0.25, -0.2) is 0 Å². The zero-order valence-corrected chi connectivity index (χ0v) is 18.7. The summed E-state index contributed by atoms with van der Waals surface area (Å²) in [5, 5.41) is 43.9. The van der Waals surface area contributed by atoms with E-state index in [4.69, 9.17) is 10.8 Å². The normalized spacial score (nSPS) is 13.2. The molecule has 0 saturated carbocycles. The highest BCUT2D eigenvalue weighted by molar-refractivity contribution is 5.94. The number of carboxylic acid groups (broad SMARTS) is 1. The summed E-state index contributed by atoms with van der Waals surface area (Å²) < 4.78 is 0. The number of carbonyl (C=O) groups excluding carboxylic acids is 3. The molecule has 0 aliphatic rings. The molecule has 0 spiro atoms. The minimum atomic E-state index is -1.45. The molecule has 0 aromatic heterocycles. The zero-order chi connectivity index (χ0) is 26.0. The first-order chi connectivity index (χ1) is 16.6. The van der Waals surface area contributed by atoms with Gasteiger partial charge in [-0.3, -0.25) is 19.2 Å². The Labute approximate surface area is 200 Å². The molecule has 3 amide bonds. The van der Waals surface area contributed by atoms with E-state index in [0.717, 1.165) is 0 Å². The Hall–Kier alpha value is -4.16. The van der Waals surface area contributed by atoms with Gasteiger partial charge in [-0.2, -0.15) is 0 Å². The summed E-state index contributed by atoms with van der Waals surface area (Å²) in [5.41, 5.74) is 7.25. The van der Waals surface area contributed by atoms with Crippen LogP contribution in [0.25, 0.3) is 0 Å². The van der Waals surface area contributed by atoms with E-state index in [1.807, 2.05) is 0 Å². The third kappa shape index (κ3) is 8.95. The van der Waals surface area contributed by atoms with Crippen LogP contribution in [0.1, 0.15) is 11.1 Å². The highest BCUT2D eigenvalue weighted by atomic mass is 16.4. The van der Waals surface area contributed by atoms with Crippen LogP contribution in [0.5, 0.6) is 11.5 Å². The fourth-order valence-electron chi connectivity index (χ4n) is 3.09. The predicted octanol–water partition coefficient (Wildman–Crippen LogP) is -1.63. The fourth-order valence-corrected chi connectivity index (χ4v) is 3.09. The van der Waals surface area contributed by atoms with Crippen LogP contribution >= 0.6 is 0 Å². The number of hydrogen-bond acceptors (Lipinski definition) is 8.